The minimum atomic E-state index is -4.50. The second kappa shape index (κ2) is 11.3. The van der Waals surface area contributed by atoms with Crippen molar-refractivity contribution in [2.75, 3.05) is 18.5 Å². The smallest absolute Gasteiger partial charge is 0.548 e. The van der Waals surface area contributed by atoms with Gasteiger partial charge in [0, 0.05) is 12.6 Å². The Bertz CT molecular complexity index is 852. The van der Waals surface area contributed by atoms with Crippen LogP contribution in [0.3, 0.4) is 0 Å². The number of carbonyl (C=O) groups is 1. The summed E-state index contributed by atoms with van der Waals surface area (Å²) in [6.45, 7) is 1.37. The monoisotopic (exact) mass is 459 g/mol. The molecule has 0 radical (unpaired) electrons. The molecule has 0 aliphatic heterocycles. The maximum atomic E-state index is 12.7. The van der Waals surface area contributed by atoms with Crippen LogP contribution in [0.25, 0.3) is 0 Å². The van der Waals surface area contributed by atoms with E-state index in [2.05, 4.69) is 5.32 Å². The molecule has 1 atom stereocenters. The molecule has 11 heteroatoms. The second-order valence-electron chi connectivity index (χ2n) is 5.76. The van der Waals surface area contributed by atoms with Crippen molar-refractivity contribution in [1.82, 2.24) is 0 Å². The van der Waals surface area contributed by atoms with Gasteiger partial charge in [-0.15, -0.1) is 0 Å². The van der Waals surface area contributed by atoms with Gasteiger partial charge in [-0.05, 0) is 37.3 Å². The summed E-state index contributed by atoms with van der Waals surface area (Å²) in [6.07, 6.45) is -4.95. The van der Waals surface area contributed by atoms with E-state index < -0.39 is 30.4 Å². The normalized spacial score (nSPS) is 12.1. The van der Waals surface area contributed by atoms with Gasteiger partial charge in [-0.1, -0.05) is 23.2 Å². The van der Waals surface area contributed by atoms with Gasteiger partial charge in [0.1, 0.15) is 11.5 Å². The quantitative estimate of drug-likeness (QED) is 0.603. The van der Waals surface area contributed by atoms with Gasteiger partial charge >= 0.3 is 35.7 Å². The molecule has 2 rings (SSSR count). The summed E-state index contributed by atoms with van der Waals surface area (Å²) >= 11 is 12.0. The molecule has 0 bridgehead atoms. The fourth-order valence-corrected chi connectivity index (χ4v) is 2.52. The summed E-state index contributed by atoms with van der Waals surface area (Å²) in [5.41, 5.74) is -0.417. The topological polar surface area (TPSA) is 70.6 Å². The number of hydrogen-bond acceptors (Lipinski definition) is 5. The van der Waals surface area contributed by atoms with Crippen molar-refractivity contribution < 1.29 is 62.1 Å². The Morgan fingerprint density at radius 2 is 1.86 bits per heavy atom. The standard InChI is InChI=1S/C18H16Cl2F3NO4.Na/c1-10(27-9-17(25)26)8-24-15-7-12(3-4-13(15)19)28-16-5-2-11(6-14(16)20)18(21,22)23;/h2-7,10,24H,8-9H2,1H3,(H,25,26);/q;+1/p-1. The second-order valence-corrected chi connectivity index (χ2v) is 6.58. The van der Waals surface area contributed by atoms with Crippen LogP contribution >= 0.6 is 23.2 Å². The van der Waals surface area contributed by atoms with Crippen LogP contribution in [0.4, 0.5) is 18.9 Å². The van der Waals surface area contributed by atoms with Crippen molar-refractivity contribution in [3.05, 3.63) is 52.0 Å². The van der Waals surface area contributed by atoms with Gasteiger partial charge in [0.2, 0.25) is 0 Å². The molecule has 0 aromatic heterocycles. The maximum Gasteiger partial charge on any atom is 1.00 e. The van der Waals surface area contributed by atoms with Crippen molar-refractivity contribution in [2.45, 2.75) is 19.2 Å². The third-order valence-electron chi connectivity index (χ3n) is 3.49. The van der Waals surface area contributed by atoms with E-state index in [1.165, 1.54) is 18.2 Å². The minimum Gasteiger partial charge on any atom is -0.548 e. The van der Waals surface area contributed by atoms with Gasteiger partial charge in [-0.2, -0.15) is 13.2 Å². The molecule has 1 N–H and O–H groups in total. The van der Waals surface area contributed by atoms with Crippen molar-refractivity contribution in [2.24, 2.45) is 0 Å². The zero-order valence-corrected chi connectivity index (χ0v) is 19.0. The van der Waals surface area contributed by atoms with Crippen LogP contribution in [0.5, 0.6) is 11.5 Å². The van der Waals surface area contributed by atoms with E-state index in [9.17, 15) is 23.1 Å². The molecule has 2 aromatic carbocycles. The number of anilines is 1. The third kappa shape index (κ3) is 8.24. The predicted octanol–water partition coefficient (Wildman–Crippen LogP) is 1.38. The first kappa shape index (κ1) is 25.9. The first-order valence-electron chi connectivity index (χ1n) is 7.95. The first-order valence-corrected chi connectivity index (χ1v) is 8.71. The van der Waals surface area contributed by atoms with E-state index in [0.29, 0.717) is 10.7 Å². The molecule has 0 heterocycles. The van der Waals surface area contributed by atoms with E-state index in [1.54, 1.807) is 6.92 Å². The van der Waals surface area contributed by atoms with E-state index in [4.69, 9.17) is 32.7 Å². The first-order chi connectivity index (χ1) is 13.1. The molecule has 0 amide bonds. The third-order valence-corrected chi connectivity index (χ3v) is 4.12. The van der Waals surface area contributed by atoms with Gasteiger partial charge < -0.3 is 24.7 Å². The van der Waals surface area contributed by atoms with Crippen LogP contribution in [0.1, 0.15) is 12.5 Å². The number of carboxylic acids is 1. The Labute approximate surface area is 197 Å². The van der Waals surface area contributed by atoms with Crippen molar-refractivity contribution in [3.8, 4) is 11.5 Å². The summed E-state index contributed by atoms with van der Waals surface area (Å²) in [7, 11) is 0. The summed E-state index contributed by atoms with van der Waals surface area (Å²) in [6, 6.07) is 7.36. The summed E-state index contributed by atoms with van der Waals surface area (Å²) in [5, 5.41) is 13.5. The van der Waals surface area contributed by atoms with Crippen LogP contribution in [0, 0.1) is 0 Å². The van der Waals surface area contributed by atoms with E-state index >= 15 is 0 Å². The molecule has 152 valence electrons. The Morgan fingerprint density at radius 3 is 2.45 bits per heavy atom. The fraction of sp³-hybridized carbons (Fsp3) is 0.278. The van der Waals surface area contributed by atoms with Gasteiger partial charge in [0.05, 0.1) is 40.0 Å². The Balaban J connectivity index is 0.00000420. The SMILES string of the molecule is CC(CNc1cc(Oc2ccc(C(F)(F)F)cc2Cl)ccc1Cl)OCC(=O)[O-].[Na+]. The van der Waals surface area contributed by atoms with Crippen molar-refractivity contribution in [1.29, 1.82) is 0 Å². The van der Waals surface area contributed by atoms with Gasteiger partial charge in [-0.3, -0.25) is 0 Å². The number of benzene rings is 2. The molecule has 0 aliphatic rings. The van der Waals surface area contributed by atoms with Crippen LogP contribution in [-0.4, -0.2) is 25.2 Å². The maximum absolute atomic E-state index is 12.7. The molecule has 0 spiro atoms. The van der Waals surface area contributed by atoms with E-state index in [1.807, 2.05) is 0 Å². The van der Waals surface area contributed by atoms with E-state index in [0.717, 1.165) is 18.2 Å². The molecule has 0 saturated carbocycles. The number of hydrogen-bond donors (Lipinski definition) is 1. The van der Waals surface area contributed by atoms with Crippen LogP contribution in [-0.2, 0) is 15.7 Å². The summed E-state index contributed by atoms with van der Waals surface area (Å²) in [5.74, 6) is -0.987. The number of carbonyl (C=O) groups excluding carboxylic acids is 1. The van der Waals surface area contributed by atoms with Crippen molar-refractivity contribution in [3.63, 3.8) is 0 Å². The molecular weight excluding hydrogens is 445 g/mol. The number of aliphatic carboxylic acids is 1. The van der Waals surface area contributed by atoms with Gasteiger partial charge in [0.15, 0.2) is 0 Å². The van der Waals surface area contributed by atoms with Crippen LogP contribution in [0.2, 0.25) is 10.0 Å². The summed E-state index contributed by atoms with van der Waals surface area (Å²) in [4.78, 5) is 10.4. The number of nitrogens with one attached hydrogen (secondary N) is 1. The zero-order chi connectivity index (χ0) is 20.9. The average molecular weight is 460 g/mol. The molecule has 1 unspecified atom stereocenters. The van der Waals surface area contributed by atoms with Gasteiger partial charge in [-0.25, -0.2) is 0 Å². The molecule has 2 aromatic rings. The predicted molar refractivity (Wildman–Crippen MR) is 96.9 cm³/mol. The number of ether oxygens (including phenoxy) is 2. The molecule has 0 fully saturated rings. The average Bonchev–Trinajstić information content (AvgIpc) is 2.61. The molecule has 0 saturated heterocycles. The molecule has 29 heavy (non-hydrogen) atoms. The molecule has 0 aliphatic carbocycles. The number of rotatable bonds is 8. The molecule has 5 nitrogen and oxygen atoms in total. The van der Waals surface area contributed by atoms with E-state index in [-0.39, 0.29) is 52.6 Å². The minimum absolute atomic E-state index is 0. The van der Waals surface area contributed by atoms with Crippen LogP contribution in [0.15, 0.2) is 36.4 Å². The Hall–Kier alpha value is -1.16. The zero-order valence-electron chi connectivity index (χ0n) is 15.5. The van der Waals surface area contributed by atoms with Crippen molar-refractivity contribution >= 4 is 34.9 Å². The number of alkyl halides is 3. The Kier molecular flexibility index (Phi) is 10.1. The Morgan fingerprint density at radius 1 is 1.17 bits per heavy atom. The van der Waals surface area contributed by atoms with Crippen LogP contribution < -0.4 is 44.7 Å². The van der Waals surface area contributed by atoms with Gasteiger partial charge in [0.25, 0.3) is 0 Å². The number of carboxylic acid groups (broad SMARTS) is 1. The largest absolute Gasteiger partial charge is 1.00 e. The fourth-order valence-electron chi connectivity index (χ4n) is 2.11. The summed E-state index contributed by atoms with van der Waals surface area (Å²) < 4.78 is 48.7. The number of halogens is 5. The molecular formula is C18H15Cl2F3NNaO4.